The summed E-state index contributed by atoms with van der Waals surface area (Å²) in [6.07, 6.45) is 0.383. The summed E-state index contributed by atoms with van der Waals surface area (Å²) in [4.78, 5) is 10.2. The quantitative estimate of drug-likeness (QED) is 0.566. The molecule has 0 heterocycles. The number of hydroxylamine groups is 2. The van der Waals surface area contributed by atoms with Crippen molar-refractivity contribution in [2.75, 3.05) is 0 Å². The maximum absolute atomic E-state index is 10.2. The molecule has 15 heavy (non-hydrogen) atoms. The molecule has 90 valence electrons. The third-order valence-corrected chi connectivity index (χ3v) is 2.28. The number of hydrogen-bond acceptors (Lipinski definition) is 4. The Morgan fingerprint density at radius 3 is 2.13 bits per heavy atom. The van der Waals surface area contributed by atoms with Crippen molar-refractivity contribution in [1.29, 1.82) is 0 Å². The van der Waals surface area contributed by atoms with E-state index in [1.165, 1.54) is 5.06 Å². The average Bonchev–Trinajstić information content (AvgIpc) is 2.00. The van der Waals surface area contributed by atoms with E-state index in [-0.39, 0.29) is 11.6 Å². The van der Waals surface area contributed by atoms with Crippen molar-refractivity contribution in [3.05, 3.63) is 0 Å². The standard InChI is InChI=1S/C11H23NO3/c1-9(15-8-13)7-11(5,6)12(14)10(2,3)4/h8-9,14H,7H2,1-6H3. The first-order valence-electron chi connectivity index (χ1n) is 5.19. The third kappa shape index (κ3) is 4.62. The normalized spacial score (nSPS) is 15.2. The molecule has 0 aliphatic rings. The third-order valence-electron chi connectivity index (χ3n) is 2.28. The largest absolute Gasteiger partial charge is 0.465 e. The lowest BCUT2D eigenvalue weighted by molar-refractivity contribution is -0.224. The molecule has 0 fully saturated rings. The highest BCUT2D eigenvalue weighted by molar-refractivity contribution is 5.37. The van der Waals surface area contributed by atoms with Crippen LogP contribution >= 0.6 is 0 Å². The zero-order valence-corrected chi connectivity index (χ0v) is 10.6. The van der Waals surface area contributed by atoms with E-state index in [9.17, 15) is 10.0 Å². The highest BCUT2D eigenvalue weighted by atomic mass is 16.5. The molecule has 1 N–H and O–H groups in total. The predicted octanol–water partition coefficient (Wildman–Crippen LogP) is 2.21. The minimum absolute atomic E-state index is 0.200. The van der Waals surface area contributed by atoms with Gasteiger partial charge < -0.3 is 9.94 Å². The maximum Gasteiger partial charge on any atom is 0.293 e. The van der Waals surface area contributed by atoms with Crippen LogP contribution in [0.25, 0.3) is 0 Å². The lowest BCUT2D eigenvalue weighted by atomic mass is 9.92. The fourth-order valence-electron chi connectivity index (χ4n) is 1.84. The summed E-state index contributed by atoms with van der Waals surface area (Å²) in [5.74, 6) is 0. The Bertz CT molecular complexity index is 208. The van der Waals surface area contributed by atoms with Crippen LogP contribution in [0, 0.1) is 0 Å². The van der Waals surface area contributed by atoms with Crippen LogP contribution in [0.15, 0.2) is 0 Å². The minimum Gasteiger partial charge on any atom is -0.465 e. The van der Waals surface area contributed by atoms with E-state index in [4.69, 9.17) is 4.74 Å². The van der Waals surface area contributed by atoms with Crippen LogP contribution < -0.4 is 0 Å². The van der Waals surface area contributed by atoms with E-state index in [0.717, 1.165) is 0 Å². The van der Waals surface area contributed by atoms with Crippen molar-refractivity contribution in [1.82, 2.24) is 5.06 Å². The van der Waals surface area contributed by atoms with E-state index in [0.29, 0.717) is 12.9 Å². The van der Waals surface area contributed by atoms with E-state index in [1.54, 1.807) is 0 Å². The van der Waals surface area contributed by atoms with Gasteiger partial charge in [0.15, 0.2) is 0 Å². The molecule has 1 atom stereocenters. The fourth-order valence-corrected chi connectivity index (χ4v) is 1.84. The molecule has 0 aliphatic carbocycles. The lowest BCUT2D eigenvalue weighted by Crippen LogP contribution is -2.53. The molecule has 0 radical (unpaired) electrons. The molecule has 0 spiro atoms. The SMILES string of the molecule is CC(CC(C)(C)N(O)C(C)(C)C)OC=O. The Kier molecular flexibility index (Phi) is 4.74. The first-order chi connectivity index (χ1) is 6.61. The summed E-state index contributed by atoms with van der Waals surface area (Å²) in [5, 5.41) is 11.3. The van der Waals surface area contributed by atoms with Crippen LogP contribution in [0.2, 0.25) is 0 Å². The molecule has 0 aliphatic heterocycles. The van der Waals surface area contributed by atoms with Crippen molar-refractivity contribution >= 4 is 6.47 Å². The van der Waals surface area contributed by atoms with Gasteiger partial charge in [-0.25, -0.2) is 0 Å². The molecule has 0 aromatic rings. The second-order valence-corrected chi connectivity index (χ2v) is 5.54. The molecule has 4 heteroatoms. The molecule has 0 amide bonds. The predicted molar refractivity (Wildman–Crippen MR) is 58.7 cm³/mol. The average molecular weight is 217 g/mol. The van der Waals surface area contributed by atoms with Gasteiger partial charge in [0.25, 0.3) is 6.47 Å². The van der Waals surface area contributed by atoms with Gasteiger partial charge >= 0.3 is 0 Å². The van der Waals surface area contributed by atoms with E-state index < -0.39 is 5.54 Å². The molecule has 0 saturated heterocycles. The number of carbonyl (C=O) groups is 1. The van der Waals surface area contributed by atoms with Crippen LogP contribution in [0.4, 0.5) is 0 Å². The van der Waals surface area contributed by atoms with Gasteiger partial charge in [0.2, 0.25) is 0 Å². The van der Waals surface area contributed by atoms with Crippen molar-refractivity contribution < 1.29 is 14.7 Å². The molecule has 0 aromatic heterocycles. The van der Waals surface area contributed by atoms with Crippen molar-refractivity contribution in [3.63, 3.8) is 0 Å². The van der Waals surface area contributed by atoms with Crippen LogP contribution in [0.5, 0.6) is 0 Å². The van der Waals surface area contributed by atoms with Gasteiger partial charge in [0, 0.05) is 17.5 Å². The molecular formula is C11H23NO3. The lowest BCUT2D eigenvalue weighted by Gasteiger charge is -2.43. The molecule has 0 bridgehead atoms. The van der Waals surface area contributed by atoms with Crippen LogP contribution in [-0.4, -0.2) is 33.9 Å². The summed E-state index contributed by atoms with van der Waals surface area (Å²) in [5.41, 5.74) is -0.759. The number of carbonyl (C=O) groups excluding carboxylic acids is 1. The zero-order chi connectivity index (χ0) is 12.3. The van der Waals surface area contributed by atoms with E-state index in [1.807, 2.05) is 41.5 Å². The van der Waals surface area contributed by atoms with E-state index in [2.05, 4.69) is 0 Å². The number of ether oxygens (including phenoxy) is 1. The number of rotatable bonds is 5. The van der Waals surface area contributed by atoms with Gasteiger partial charge in [-0.05, 0) is 41.5 Å². The Labute approximate surface area is 92.2 Å². The summed E-state index contributed by atoms with van der Waals surface area (Å²) in [7, 11) is 0. The highest BCUT2D eigenvalue weighted by Gasteiger charge is 2.35. The summed E-state index contributed by atoms with van der Waals surface area (Å²) in [6, 6.07) is 0. The van der Waals surface area contributed by atoms with Gasteiger partial charge in [-0.2, -0.15) is 5.06 Å². The summed E-state index contributed by atoms with van der Waals surface area (Å²) < 4.78 is 4.82. The van der Waals surface area contributed by atoms with Gasteiger partial charge in [-0.15, -0.1) is 0 Å². The van der Waals surface area contributed by atoms with Gasteiger partial charge in [-0.3, -0.25) is 4.79 Å². The highest BCUT2D eigenvalue weighted by Crippen LogP contribution is 2.27. The van der Waals surface area contributed by atoms with Crippen molar-refractivity contribution in [2.24, 2.45) is 0 Å². The van der Waals surface area contributed by atoms with Gasteiger partial charge in [0.05, 0.1) is 0 Å². The zero-order valence-electron chi connectivity index (χ0n) is 10.6. The maximum atomic E-state index is 10.2. The molecule has 0 aromatic carbocycles. The Hall–Kier alpha value is -0.610. The van der Waals surface area contributed by atoms with Gasteiger partial charge in [-0.1, -0.05) is 0 Å². The summed E-state index contributed by atoms with van der Waals surface area (Å²) >= 11 is 0. The monoisotopic (exact) mass is 217 g/mol. The number of hydrogen-bond donors (Lipinski definition) is 1. The topological polar surface area (TPSA) is 49.8 Å². The Morgan fingerprint density at radius 2 is 1.80 bits per heavy atom. The molecule has 0 rings (SSSR count). The van der Waals surface area contributed by atoms with Gasteiger partial charge in [0.1, 0.15) is 6.10 Å². The minimum atomic E-state index is -0.430. The van der Waals surface area contributed by atoms with Crippen LogP contribution in [0.3, 0.4) is 0 Å². The number of nitrogens with zero attached hydrogens (tertiary/aromatic N) is 1. The van der Waals surface area contributed by atoms with Crippen LogP contribution in [0.1, 0.15) is 48.0 Å². The fraction of sp³-hybridized carbons (Fsp3) is 0.909. The van der Waals surface area contributed by atoms with E-state index >= 15 is 0 Å². The second kappa shape index (κ2) is 4.94. The van der Waals surface area contributed by atoms with Crippen LogP contribution in [-0.2, 0) is 9.53 Å². The smallest absolute Gasteiger partial charge is 0.293 e. The Morgan fingerprint density at radius 1 is 1.33 bits per heavy atom. The first-order valence-corrected chi connectivity index (χ1v) is 5.19. The molecular weight excluding hydrogens is 194 g/mol. The summed E-state index contributed by atoms with van der Waals surface area (Å²) in [6.45, 7) is 11.9. The molecule has 1 unspecified atom stereocenters. The molecule has 4 nitrogen and oxygen atoms in total. The Balaban J connectivity index is 4.47. The van der Waals surface area contributed by atoms with Crippen molar-refractivity contribution in [2.45, 2.75) is 65.1 Å². The van der Waals surface area contributed by atoms with Crippen molar-refractivity contribution in [3.8, 4) is 0 Å². The second-order valence-electron chi connectivity index (χ2n) is 5.54. The molecule has 0 saturated carbocycles. The first kappa shape index (κ1) is 14.4.